The minimum absolute atomic E-state index is 0.101. The quantitative estimate of drug-likeness (QED) is 0.0845. The van der Waals surface area contributed by atoms with E-state index < -0.39 is 15.4 Å². The molecule has 0 radical (unpaired) electrons. The van der Waals surface area contributed by atoms with Gasteiger partial charge in [-0.3, -0.25) is 9.09 Å². The maximum absolute atomic E-state index is 11.3. The third-order valence-electron chi connectivity index (χ3n) is 7.78. The summed E-state index contributed by atoms with van der Waals surface area (Å²) >= 11 is 0. The lowest BCUT2D eigenvalue weighted by Crippen LogP contribution is -2.20. The van der Waals surface area contributed by atoms with Crippen molar-refractivity contribution in [2.24, 2.45) is 10.8 Å². The Kier molecular flexibility index (Phi) is 18.6. The summed E-state index contributed by atoms with van der Waals surface area (Å²) < 4.78 is 37.6. The Labute approximate surface area is 214 Å². The Hall–Kier alpha value is 0.220. The van der Waals surface area contributed by atoms with Crippen molar-refractivity contribution in [3.05, 3.63) is 0 Å². The highest BCUT2D eigenvalue weighted by Gasteiger charge is 2.26. The van der Waals surface area contributed by atoms with Gasteiger partial charge in [0.25, 0.3) is 0 Å². The topological polar surface area (TPSA) is 123 Å². The highest BCUT2D eigenvalue weighted by atomic mass is 31.2. The van der Waals surface area contributed by atoms with Crippen LogP contribution in [-0.4, -0.2) is 47.8 Å². The van der Waals surface area contributed by atoms with Crippen molar-refractivity contribution in [1.82, 2.24) is 0 Å². The molecule has 0 saturated heterocycles. The Morgan fingerprint density at radius 3 is 1.29 bits per heavy atom. The van der Waals surface area contributed by atoms with Gasteiger partial charge in [0.15, 0.2) is 0 Å². The highest BCUT2D eigenvalue weighted by molar-refractivity contribution is 7.51. The van der Waals surface area contributed by atoms with Gasteiger partial charge in [-0.2, -0.15) is 0 Å². The van der Waals surface area contributed by atoms with Crippen molar-refractivity contribution >= 4 is 15.4 Å². The molecule has 0 aromatic heterocycles. The summed E-state index contributed by atoms with van der Waals surface area (Å²) in [4.78, 5) is 26.9. The zero-order valence-corrected chi connectivity index (χ0v) is 24.8. The number of hydrogen-bond donors (Lipinski definition) is 3. The molecule has 0 spiro atoms. The van der Waals surface area contributed by atoms with E-state index in [0.29, 0.717) is 13.0 Å². The fourth-order valence-electron chi connectivity index (χ4n) is 4.99. The summed E-state index contributed by atoms with van der Waals surface area (Å²) in [5.41, 5.74) is 0.481. The van der Waals surface area contributed by atoms with Crippen LogP contribution in [0.1, 0.15) is 118 Å². The van der Waals surface area contributed by atoms with Gasteiger partial charge in [-0.05, 0) is 62.2 Å². The summed E-state index contributed by atoms with van der Waals surface area (Å²) in [5, 5.41) is 0. The molecule has 0 aromatic carbocycles. The largest absolute Gasteiger partial charge is 0.469 e. The van der Waals surface area contributed by atoms with E-state index in [0.717, 1.165) is 96.7 Å². The van der Waals surface area contributed by atoms with Crippen molar-refractivity contribution < 1.29 is 37.6 Å². The van der Waals surface area contributed by atoms with Crippen LogP contribution >= 0.6 is 15.4 Å². The first-order valence-corrected chi connectivity index (χ1v) is 17.1. The summed E-state index contributed by atoms with van der Waals surface area (Å²) in [6.45, 7) is 12.1. The van der Waals surface area contributed by atoms with Crippen molar-refractivity contribution in [2.75, 3.05) is 33.1 Å². The second kappa shape index (κ2) is 18.5. The lowest BCUT2D eigenvalue weighted by molar-refractivity contribution is 0.111. The average molecular weight is 545 g/mol. The molecule has 0 aliphatic carbocycles. The monoisotopic (exact) mass is 544 g/mol. The summed E-state index contributed by atoms with van der Waals surface area (Å²) in [6, 6.07) is 0. The molecule has 35 heavy (non-hydrogen) atoms. The van der Waals surface area contributed by atoms with Crippen LogP contribution < -0.4 is 0 Å². The minimum atomic E-state index is -4.37. The van der Waals surface area contributed by atoms with Crippen LogP contribution in [0.15, 0.2) is 0 Å². The zero-order valence-electron chi connectivity index (χ0n) is 23.0. The SMILES string of the molecule is CCC(CC)(CCCCOCCCCC(CC)(CC)CCCOP(=O)(O)O)CCCOP(C)(=O)O. The standard InChI is InChI=1S/C25H54O8P2/c1-6-24(7-2,18-14-22-32-34(5,26)27)16-10-12-20-31-21-13-11-17-25(8-3,9-4)19-15-23-33-35(28,29)30/h6-23H2,1-5H3,(H,26,27)(H2,28,29,30). The molecular weight excluding hydrogens is 490 g/mol. The molecular formula is C25H54O8P2. The zero-order chi connectivity index (χ0) is 26.8. The molecule has 0 aliphatic heterocycles. The maximum atomic E-state index is 11.3. The number of hydrogen-bond acceptors (Lipinski definition) is 5. The summed E-state index contributed by atoms with van der Waals surface area (Å²) in [6.07, 6.45) is 14.3. The van der Waals surface area contributed by atoms with E-state index in [-0.39, 0.29) is 17.4 Å². The lowest BCUT2D eigenvalue weighted by Gasteiger charge is -2.32. The molecule has 0 saturated carbocycles. The predicted octanol–water partition coefficient (Wildman–Crippen LogP) is 7.46. The van der Waals surface area contributed by atoms with Crippen LogP contribution in [0.5, 0.6) is 0 Å². The van der Waals surface area contributed by atoms with E-state index in [4.69, 9.17) is 19.0 Å². The minimum Gasteiger partial charge on any atom is -0.381 e. The Morgan fingerprint density at radius 2 is 0.943 bits per heavy atom. The van der Waals surface area contributed by atoms with Crippen molar-refractivity contribution in [1.29, 1.82) is 0 Å². The third kappa shape index (κ3) is 18.2. The molecule has 0 bridgehead atoms. The molecule has 3 N–H and O–H groups in total. The first-order chi connectivity index (χ1) is 16.4. The fraction of sp³-hybridized carbons (Fsp3) is 1.00. The van der Waals surface area contributed by atoms with Crippen molar-refractivity contribution in [3.63, 3.8) is 0 Å². The van der Waals surface area contributed by atoms with Gasteiger partial charge in [-0.15, -0.1) is 0 Å². The summed E-state index contributed by atoms with van der Waals surface area (Å²) in [5.74, 6) is 0. The van der Waals surface area contributed by atoms with Gasteiger partial charge in [-0.1, -0.05) is 66.2 Å². The number of phosphoric ester groups is 1. The van der Waals surface area contributed by atoms with Gasteiger partial charge >= 0.3 is 15.4 Å². The third-order valence-corrected chi connectivity index (χ3v) is 8.97. The Morgan fingerprint density at radius 1 is 0.571 bits per heavy atom. The Bertz CT molecular complexity index is 557. The van der Waals surface area contributed by atoms with E-state index in [1.54, 1.807) is 0 Å². The first-order valence-electron chi connectivity index (χ1n) is 13.6. The first kappa shape index (κ1) is 35.2. The number of ether oxygens (including phenoxy) is 1. The molecule has 1 unspecified atom stereocenters. The summed E-state index contributed by atoms with van der Waals surface area (Å²) in [7, 11) is -7.75. The van der Waals surface area contributed by atoms with Crippen LogP contribution in [0.2, 0.25) is 0 Å². The van der Waals surface area contributed by atoms with Gasteiger partial charge in [0.2, 0.25) is 0 Å². The van der Waals surface area contributed by atoms with Crippen LogP contribution in [0.25, 0.3) is 0 Å². The van der Waals surface area contributed by atoms with E-state index in [2.05, 4.69) is 32.2 Å². The molecule has 0 fully saturated rings. The second-order valence-electron chi connectivity index (χ2n) is 10.1. The maximum Gasteiger partial charge on any atom is 0.469 e. The molecule has 0 heterocycles. The molecule has 0 aliphatic rings. The van der Waals surface area contributed by atoms with Crippen LogP contribution in [0, 0.1) is 10.8 Å². The number of rotatable bonds is 24. The normalized spacial score (nSPS) is 14.9. The molecule has 0 aromatic rings. The van der Waals surface area contributed by atoms with Gasteiger partial charge < -0.3 is 23.9 Å². The highest BCUT2D eigenvalue weighted by Crippen LogP contribution is 2.41. The molecule has 0 rings (SSSR count). The molecule has 1 atom stereocenters. The number of unbranched alkanes of at least 4 members (excludes halogenated alkanes) is 2. The smallest absolute Gasteiger partial charge is 0.381 e. The number of phosphoric acid groups is 1. The predicted molar refractivity (Wildman–Crippen MR) is 143 cm³/mol. The van der Waals surface area contributed by atoms with Gasteiger partial charge in [0.1, 0.15) is 0 Å². The van der Waals surface area contributed by atoms with E-state index >= 15 is 0 Å². The molecule has 212 valence electrons. The van der Waals surface area contributed by atoms with Crippen LogP contribution in [-0.2, 0) is 22.9 Å². The van der Waals surface area contributed by atoms with Gasteiger partial charge in [0, 0.05) is 19.9 Å². The Balaban J connectivity index is 4.07. The van der Waals surface area contributed by atoms with E-state index in [1.807, 2.05) is 0 Å². The molecule has 0 amide bonds. The second-order valence-corrected chi connectivity index (χ2v) is 13.2. The van der Waals surface area contributed by atoms with Gasteiger partial charge in [0.05, 0.1) is 13.2 Å². The molecule has 10 heteroatoms. The van der Waals surface area contributed by atoms with Crippen LogP contribution in [0.4, 0.5) is 0 Å². The van der Waals surface area contributed by atoms with E-state index in [9.17, 15) is 14.0 Å². The fourth-order valence-corrected chi connectivity index (χ4v) is 5.82. The van der Waals surface area contributed by atoms with Gasteiger partial charge in [-0.25, -0.2) is 4.57 Å². The van der Waals surface area contributed by atoms with E-state index in [1.165, 1.54) is 6.66 Å². The lowest BCUT2D eigenvalue weighted by atomic mass is 9.74. The van der Waals surface area contributed by atoms with Crippen molar-refractivity contribution in [2.45, 2.75) is 118 Å². The van der Waals surface area contributed by atoms with Crippen LogP contribution in [0.3, 0.4) is 0 Å². The van der Waals surface area contributed by atoms with Crippen molar-refractivity contribution in [3.8, 4) is 0 Å². The average Bonchev–Trinajstić information content (AvgIpc) is 2.79. The molecule has 8 nitrogen and oxygen atoms in total.